The fraction of sp³-hybridized carbons (Fsp3) is 0.333. The Balaban J connectivity index is 1.82. The third kappa shape index (κ3) is 6.79. The number of esters is 1. The summed E-state index contributed by atoms with van der Waals surface area (Å²) < 4.78 is 102. The molecule has 216 valence electrons. The molecule has 2 aromatic heterocycles. The molecule has 3 aromatic rings. The van der Waals surface area contributed by atoms with E-state index in [0.29, 0.717) is 0 Å². The third-order valence-electron chi connectivity index (χ3n) is 5.48. The first-order chi connectivity index (χ1) is 18.7. The van der Waals surface area contributed by atoms with Crippen molar-refractivity contribution >= 4 is 23.6 Å². The van der Waals surface area contributed by atoms with Gasteiger partial charge < -0.3 is 20.1 Å². The van der Waals surface area contributed by atoms with Crippen LogP contribution in [-0.4, -0.2) is 52.3 Å². The Morgan fingerprint density at radius 1 is 1.10 bits per heavy atom. The highest BCUT2D eigenvalue weighted by Crippen LogP contribution is 2.27. The zero-order chi connectivity index (χ0) is 29.8. The van der Waals surface area contributed by atoms with Crippen LogP contribution in [0.25, 0.3) is 5.65 Å². The Morgan fingerprint density at radius 2 is 1.75 bits per heavy atom. The summed E-state index contributed by atoms with van der Waals surface area (Å²) in [4.78, 5) is 39.7. The van der Waals surface area contributed by atoms with E-state index in [2.05, 4.69) is 15.0 Å². The van der Waals surface area contributed by atoms with Gasteiger partial charge in [-0.15, -0.1) is 0 Å². The lowest BCUT2D eigenvalue weighted by Gasteiger charge is -2.27. The molecule has 0 saturated heterocycles. The average molecular weight is 578 g/mol. The number of aryl methyl sites for hydroxylation is 1. The van der Waals surface area contributed by atoms with Crippen molar-refractivity contribution in [2.24, 2.45) is 0 Å². The molecule has 2 N–H and O–H groups in total. The first-order valence-corrected chi connectivity index (χ1v) is 11.3. The van der Waals surface area contributed by atoms with Crippen LogP contribution in [0.4, 0.5) is 35.5 Å². The van der Waals surface area contributed by atoms with E-state index < -0.39 is 73.4 Å². The molecule has 0 saturated carbocycles. The van der Waals surface area contributed by atoms with Crippen LogP contribution in [-0.2, 0) is 22.8 Å². The van der Waals surface area contributed by atoms with Crippen LogP contribution in [0.15, 0.2) is 30.5 Å². The lowest BCUT2D eigenvalue weighted by molar-refractivity contribution is -0.193. The normalized spacial score (nSPS) is 13.0. The number of rotatable bonds is 9. The van der Waals surface area contributed by atoms with E-state index in [9.17, 15) is 45.1 Å². The highest BCUT2D eigenvalue weighted by molar-refractivity contribution is 5.95. The highest BCUT2D eigenvalue weighted by Gasteiger charge is 2.43. The molecule has 1 atom stereocenters. The summed E-state index contributed by atoms with van der Waals surface area (Å²) in [5.41, 5.74) is -2.56. The van der Waals surface area contributed by atoms with Crippen molar-refractivity contribution in [1.29, 1.82) is 0 Å². The number of carbonyl (C=O) groups excluding carboxylic acids is 3. The number of imidazole rings is 1. The molecule has 2 heterocycles. The highest BCUT2D eigenvalue weighted by atomic mass is 19.4. The van der Waals surface area contributed by atoms with E-state index >= 15 is 0 Å². The Hall–Kier alpha value is -4.37. The molecule has 1 aromatic carbocycles. The van der Waals surface area contributed by atoms with Gasteiger partial charge in [-0.1, -0.05) is 6.07 Å². The van der Waals surface area contributed by atoms with Crippen molar-refractivity contribution in [1.82, 2.24) is 20.0 Å². The molecule has 0 bridgehead atoms. The van der Waals surface area contributed by atoms with Crippen LogP contribution < -0.4 is 15.4 Å². The van der Waals surface area contributed by atoms with Gasteiger partial charge in [-0.25, -0.2) is 32.1 Å². The van der Waals surface area contributed by atoms with Crippen LogP contribution in [0.1, 0.15) is 34.2 Å². The Labute approximate surface area is 221 Å². The molecule has 3 rings (SSSR count). The first kappa shape index (κ1) is 30.2. The van der Waals surface area contributed by atoms with Gasteiger partial charge in [-0.2, -0.15) is 13.2 Å². The van der Waals surface area contributed by atoms with E-state index in [1.165, 1.54) is 19.2 Å². The van der Waals surface area contributed by atoms with Gasteiger partial charge >= 0.3 is 18.2 Å². The third-order valence-corrected chi connectivity index (χ3v) is 5.48. The average Bonchev–Trinajstić information content (AvgIpc) is 3.22. The number of hydrogen-bond acceptors (Lipinski definition) is 6. The van der Waals surface area contributed by atoms with Crippen LogP contribution in [0.2, 0.25) is 0 Å². The Morgan fingerprint density at radius 3 is 2.33 bits per heavy atom. The number of amides is 2. The molecule has 0 spiro atoms. The zero-order valence-electron chi connectivity index (χ0n) is 20.8. The zero-order valence-corrected chi connectivity index (χ0v) is 20.8. The second-order valence-electron chi connectivity index (χ2n) is 8.75. The van der Waals surface area contributed by atoms with Crippen molar-refractivity contribution in [2.45, 2.75) is 38.8 Å². The second-order valence-corrected chi connectivity index (χ2v) is 8.75. The maximum Gasteiger partial charge on any atom is 0.491 e. The molecular weight excluding hydrogens is 557 g/mol. The van der Waals surface area contributed by atoms with Crippen LogP contribution >= 0.6 is 0 Å². The fourth-order valence-corrected chi connectivity index (χ4v) is 3.45. The number of halogens is 7. The molecule has 0 aliphatic rings. The van der Waals surface area contributed by atoms with Crippen molar-refractivity contribution in [3.8, 4) is 5.75 Å². The monoisotopic (exact) mass is 578 g/mol. The number of fused-ring (bicyclic) bond motifs is 1. The van der Waals surface area contributed by atoms with E-state index in [-0.39, 0.29) is 28.3 Å². The Bertz CT molecular complexity index is 1420. The molecule has 1 unspecified atom stereocenters. The lowest BCUT2D eigenvalue weighted by atomic mass is 10.1. The van der Waals surface area contributed by atoms with Gasteiger partial charge in [0.1, 0.15) is 37.3 Å². The van der Waals surface area contributed by atoms with Gasteiger partial charge in [0.2, 0.25) is 0 Å². The number of nitrogens with zero attached hydrogens (tertiary/aromatic N) is 2. The van der Waals surface area contributed by atoms with Gasteiger partial charge in [0.05, 0.1) is 16.8 Å². The minimum absolute atomic E-state index is 0.00436. The first-order valence-electron chi connectivity index (χ1n) is 11.3. The quantitative estimate of drug-likeness (QED) is 0.223. The van der Waals surface area contributed by atoms with Gasteiger partial charge in [0.15, 0.2) is 11.4 Å². The largest absolute Gasteiger partial charge is 0.491 e. The molecule has 0 fully saturated rings. The molecule has 40 heavy (non-hydrogen) atoms. The van der Waals surface area contributed by atoms with Crippen molar-refractivity contribution < 1.29 is 54.6 Å². The van der Waals surface area contributed by atoms with E-state index in [1.807, 2.05) is 0 Å². The van der Waals surface area contributed by atoms with Gasteiger partial charge in [-0.3, -0.25) is 9.20 Å². The summed E-state index contributed by atoms with van der Waals surface area (Å²) in [5, 5.41) is 4.02. The maximum atomic E-state index is 14.0. The molecule has 0 radical (unpaired) electrons. The van der Waals surface area contributed by atoms with Gasteiger partial charge in [0.25, 0.3) is 5.91 Å². The second kappa shape index (κ2) is 11.8. The SMILES string of the molecule is Cc1nc2c(OCc3c(F)cccc3F)cc(CF)cn2c1C(=O)NCC(C)(CF)NC(=O)OC(=O)C(F)(F)F. The standard InChI is InChI=1S/C24H21F7N4O5/c1-12-18(20(36)32-11-23(2,10-26)34-22(38)40-21(37)24(29,30)31)35-8-13(7-25)6-17(19(35)33-12)39-9-14-15(27)4-3-5-16(14)28/h3-6,8H,7,9-11H2,1-2H3,(H,32,36)(H,34,38). The van der Waals surface area contributed by atoms with Gasteiger partial charge in [0, 0.05) is 18.3 Å². The number of benzene rings is 1. The summed E-state index contributed by atoms with van der Waals surface area (Å²) in [6.45, 7) is -1.30. The molecule has 0 aliphatic carbocycles. The number of hydrogen-bond donors (Lipinski definition) is 2. The van der Waals surface area contributed by atoms with Crippen LogP contribution in [0, 0.1) is 18.6 Å². The molecular formula is C24H21F7N4O5. The summed E-state index contributed by atoms with van der Waals surface area (Å²) in [5.74, 6) is -5.63. The number of carbonyl (C=O) groups is 3. The number of ether oxygens (including phenoxy) is 2. The maximum absolute atomic E-state index is 14.0. The summed E-state index contributed by atoms with van der Waals surface area (Å²) in [6, 6.07) is 4.42. The smallest absolute Gasteiger partial charge is 0.485 e. The van der Waals surface area contributed by atoms with Crippen LogP contribution in [0.5, 0.6) is 5.75 Å². The topological polar surface area (TPSA) is 111 Å². The molecule has 0 aliphatic heterocycles. The number of pyridine rings is 1. The number of alkyl carbamates (subject to hydrolysis) is 1. The van der Waals surface area contributed by atoms with Crippen molar-refractivity contribution in [3.05, 3.63) is 64.6 Å². The lowest BCUT2D eigenvalue weighted by Crippen LogP contribution is -2.56. The molecule has 16 heteroatoms. The summed E-state index contributed by atoms with van der Waals surface area (Å²) >= 11 is 0. The minimum atomic E-state index is -5.47. The number of alkyl halides is 5. The predicted molar refractivity (Wildman–Crippen MR) is 123 cm³/mol. The van der Waals surface area contributed by atoms with Crippen molar-refractivity contribution in [3.63, 3.8) is 0 Å². The number of nitrogens with one attached hydrogen (secondary N) is 2. The minimum Gasteiger partial charge on any atom is -0.485 e. The van der Waals surface area contributed by atoms with E-state index in [0.717, 1.165) is 29.5 Å². The summed E-state index contributed by atoms with van der Waals surface area (Å²) in [6.07, 6.45) is -6.17. The van der Waals surface area contributed by atoms with E-state index in [4.69, 9.17) is 4.74 Å². The Kier molecular flexibility index (Phi) is 8.90. The summed E-state index contributed by atoms with van der Waals surface area (Å²) in [7, 11) is 0. The van der Waals surface area contributed by atoms with Gasteiger partial charge in [-0.05, 0) is 32.0 Å². The predicted octanol–water partition coefficient (Wildman–Crippen LogP) is 4.24. The van der Waals surface area contributed by atoms with Crippen molar-refractivity contribution in [2.75, 3.05) is 13.2 Å². The number of aromatic nitrogens is 2. The fourth-order valence-electron chi connectivity index (χ4n) is 3.45. The van der Waals surface area contributed by atoms with Crippen LogP contribution in [0.3, 0.4) is 0 Å². The molecule has 2 amide bonds. The van der Waals surface area contributed by atoms with E-state index in [1.54, 1.807) is 5.32 Å². The molecule has 9 nitrogen and oxygen atoms in total.